The number of rotatable bonds is 66. The van der Waals surface area contributed by atoms with E-state index in [1.54, 1.807) is 6.08 Å². The summed E-state index contributed by atoms with van der Waals surface area (Å²) in [5, 5.41) is 23.3. The minimum atomic E-state index is -0.851. The van der Waals surface area contributed by atoms with Gasteiger partial charge in [0.2, 0.25) is 5.91 Å². The van der Waals surface area contributed by atoms with Gasteiger partial charge < -0.3 is 20.3 Å². The van der Waals surface area contributed by atoms with Crippen LogP contribution in [0.4, 0.5) is 0 Å². The Balaban J connectivity index is 3.47. The molecule has 0 aliphatic heterocycles. The van der Waals surface area contributed by atoms with Gasteiger partial charge in [0, 0.05) is 12.8 Å². The van der Waals surface area contributed by atoms with Gasteiger partial charge in [-0.3, -0.25) is 9.59 Å². The van der Waals surface area contributed by atoms with Crippen LogP contribution in [0, 0.1) is 0 Å². The van der Waals surface area contributed by atoms with Crippen molar-refractivity contribution in [3.8, 4) is 0 Å². The lowest BCUT2D eigenvalue weighted by molar-refractivity contribution is -0.143. The van der Waals surface area contributed by atoms with Crippen LogP contribution < -0.4 is 5.32 Å². The van der Waals surface area contributed by atoms with Gasteiger partial charge in [0.25, 0.3) is 0 Å². The van der Waals surface area contributed by atoms with Crippen LogP contribution in [-0.2, 0) is 14.3 Å². The van der Waals surface area contributed by atoms with Crippen LogP contribution in [0.5, 0.6) is 0 Å². The Morgan fingerprint density at radius 3 is 0.975 bits per heavy atom. The second-order valence-corrected chi connectivity index (χ2v) is 24.2. The Labute approximate surface area is 493 Å². The van der Waals surface area contributed by atoms with Crippen LogP contribution in [0.2, 0.25) is 0 Å². The third kappa shape index (κ3) is 64.8. The van der Waals surface area contributed by atoms with E-state index in [9.17, 15) is 19.8 Å². The van der Waals surface area contributed by atoms with E-state index in [0.717, 1.165) is 51.4 Å². The smallest absolute Gasteiger partial charge is 0.305 e. The van der Waals surface area contributed by atoms with Crippen molar-refractivity contribution in [3.05, 3.63) is 48.6 Å². The number of allylic oxidation sites excluding steroid dienone is 7. The van der Waals surface area contributed by atoms with Crippen molar-refractivity contribution in [1.29, 1.82) is 0 Å². The molecule has 1 amide bonds. The lowest BCUT2D eigenvalue weighted by Gasteiger charge is -2.20. The first-order valence-electron chi connectivity index (χ1n) is 35.4. The van der Waals surface area contributed by atoms with Gasteiger partial charge in [-0.05, 0) is 89.9 Å². The monoisotopic (exact) mass is 1110 g/mol. The first-order valence-corrected chi connectivity index (χ1v) is 35.4. The molecule has 0 saturated carbocycles. The average Bonchev–Trinajstić information content (AvgIpc) is 3.45. The van der Waals surface area contributed by atoms with Crippen LogP contribution in [0.1, 0.15) is 380 Å². The molecule has 0 aromatic carbocycles. The molecule has 2 unspecified atom stereocenters. The Kier molecular flexibility index (Phi) is 66.4. The quantitative estimate of drug-likeness (QED) is 0.0320. The summed E-state index contributed by atoms with van der Waals surface area (Å²) < 4.78 is 5.48. The second-order valence-electron chi connectivity index (χ2n) is 24.2. The molecule has 79 heavy (non-hydrogen) atoms. The fraction of sp³-hybridized carbons (Fsp3) is 0.863. The topological polar surface area (TPSA) is 95.9 Å². The fourth-order valence-corrected chi connectivity index (χ4v) is 10.9. The molecule has 0 heterocycles. The summed E-state index contributed by atoms with van der Waals surface area (Å²) in [6, 6.07) is -0.635. The van der Waals surface area contributed by atoms with Crippen LogP contribution in [0.3, 0.4) is 0 Å². The molecule has 0 rings (SSSR count). The predicted molar refractivity (Wildman–Crippen MR) is 347 cm³/mol. The number of aliphatic hydroxyl groups excluding tert-OH is 2. The van der Waals surface area contributed by atoms with Crippen LogP contribution in [0.15, 0.2) is 48.6 Å². The summed E-state index contributed by atoms with van der Waals surface area (Å²) >= 11 is 0. The molecule has 0 radical (unpaired) electrons. The second kappa shape index (κ2) is 68.3. The van der Waals surface area contributed by atoms with Crippen molar-refractivity contribution in [2.24, 2.45) is 0 Å². The summed E-state index contributed by atoms with van der Waals surface area (Å²) in [6.45, 7) is 4.91. The van der Waals surface area contributed by atoms with Crippen LogP contribution >= 0.6 is 0 Å². The van der Waals surface area contributed by atoms with E-state index >= 15 is 0 Å². The predicted octanol–water partition coefficient (Wildman–Crippen LogP) is 22.9. The first-order chi connectivity index (χ1) is 39.0. The Morgan fingerprint density at radius 1 is 0.354 bits per heavy atom. The summed E-state index contributed by atoms with van der Waals surface area (Å²) in [7, 11) is 0. The van der Waals surface area contributed by atoms with Gasteiger partial charge in [-0.25, -0.2) is 0 Å². The van der Waals surface area contributed by atoms with Crippen molar-refractivity contribution in [1.82, 2.24) is 5.32 Å². The van der Waals surface area contributed by atoms with Crippen molar-refractivity contribution in [2.75, 3.05) is 13.2 Å². The van der Waals surface area contributed by atoms with Crippen molar-refractivity contribution in [2.45, 2.75) is 392 Å². The highest BCUT2D eigenvalue weighted by atomic mass is 16.5. The summed E-state index contributed by atoms with van der Waals surface area (Å²) in [4.78, 5) is 24.6. The zero-order valence-corrected chi connectivity index (χ0v) is 53.1. The molecule has 0 saturated heterocycles. The molecular formula is C73H137NO5. The van der Waals surface area contributed by atoms with E-state index in [1.807, 2.05) is 6.08 Å². The highest BCUT2D eigenvalue weighted by Gasteiger charge is 2.18. The molecule has 0 spiro atoms. The number of hydrogen-bond acceptors (Lipinski definition) is 5. The van der Waals surface area contributed by atoms with Gasteiger partial charge in [0.05, 0.1) is 25.4 Å². The Bertz CT molecular complexity index is 1320. The highest BCUT2D eigenvalue weighted by molar-refractivity contribution is 5.76. The molecule has 0 aliphatic carbocycles. The van der Waals surface area contributed by atoms with Gasteiger partial charge in [-0.15, -0.1) is 0 Å². The SMILES string of the molecule is CCCCCCC/C=C\CCCCCCCC(=O)OCCCCCCCCCCC/C=C\C/C=C\CCCCCCCCCCCC(=O)NC(CO)C(O)/C=C/CCCCCCCCCCCCCCCCCCCCCCC. The third-order valence-corrected chi connectivity index (χ3v) is 16.3. The van der Waals surface area contributed by atoms with E-state index in [0.29, 0.717) is 19.4 Å². The number of ether oxygens (including phenoxy) is 1. The Hall–Kier alpha value is -2.18. The largest absolute Gasteiger partial charge is 0.466 e. The van der Waals surface area contributed by atoms with Gasteiger partial charge in [0.15, 0.2) is 0 Å². The van der Waals surface area contributed by atoms with E-state index in [4.69, 9.17) is 4.74 Å². The molecule has 6 nitrogen and oxygen atoms in total. The molecule has 0 aliphatic rings. The van der Waals surface area contributed by atoms with Crippen LogP contribution in [0.25, 0.3) is 0 Å². The Morgan fingerprint density at radius 2 is 0.633 bits per heavy atom. The fourth-order valence-electron chi connectivity index (χ4n) is 10.9. The number of carbonyl (C=O) groups is 2. The molecule has 3 N–H and O–H groups in total. The number of hydrogen-bond donors (Lipinski definition) is 3. The molecule has 0 fully saturated rings. The number of unbranched alkanes of at least 4 members (excludes halogenated alkanes) is 49. The first kappa shape index (κ1) is 76.8. The molecule has 464 valence electrons. The lowest BCUT2D eigenvalue weighted by Crippen LogP contribution is -2.45. The van der Waals surface area contributed by atoms with Gasteiger partial charge in [-0.1, -0.05) is 326 Å². The molecule has 0 bridgehead atoms. The third-order valence-electron chi connectivity index (χ3n) is 16.3. The van der Waals surface area contributed by atoms with E-state index in [1.165, 1.54) is 302 Å². The van der Waals surface area contributed by atoms with Crippen LogP contribution in [-0.4, -0.2) is 47.4 Å². The van der Waals surface area contributed by atoms with Gasteiger partial charge in [-0.2, -0.15) is 0 Å². The maximum Gasteiger partial charge on any atom is 0.305 e. The minimum Gasteiger partial charge on any atom is -0.466 e. The lowest BCUT2D eigenvalue weighted by atomic mass is 10.0. The van der Waals surface area contributed by atoms with Crippen molar-refractivity contribution < 1.29 is 24.5 Å². The standard InChI is InChI=1S/C73H137NO5/c1-3-5-7-9-11-13-15-17-19-20-21-22-26-29-32-35-38-41-45-49-53-57-61-65-71(76)70(69-75)74-72(77)66-62-58-54-50-46-42-39-36-33-30-27-24-23-25-28-31-34-37-40-44-48-52-56-60-64-68-79-73(78)67-63-59-55-51-47-43-18-16-14-12-10-8-6-4-2/h16,18,24-25,27-28,61,65,70-71,75-76H,3-15,17,19-23,26,29-60,62-64,66-69H2,1-2H3,(H,74,77)/b18-16-,27-24-,28-25-,65-61+. The molecular weight excluding hydrogens is 971 g/mol. The minimum absolute atomic E-state index is 0.000199. The van der Waals surface area contributed by atoms with E-state index < -0.39 is 12.1 Å². The molecule has 0 aromatic heterocycles. The number of esters is 1. The highest BCUT2D eigenvalue weighted by Crippen LogP contribution is 2.18. The maximum absolute atomic E-state index is 12.5. The molecule has 0 aromatic rings. The zero-order valence-electron chi connectivity index (χ0n) is 53.1. The normalized spacial score (nSPS) is 12.8. The molecule has 6 heteroatoms. The summed E-state index contributed by atoms with van der Waals surface area (Å²) in [6.07, 6.45) is 89.0. The number of nitrogens with one attached hydrogen (secondary N) is 1. The van der Waals surface area contributed by atoms with Crippen molar-refractivity contribution >= 4 is 11.9 Å². The van der Waals surface area contributed by atoms with Crippen molar-refractivity contribution in [3.63, 3.8) is 0 Å². The average molecular weight is 1110 g/mol. The summed E-state index contributed by atoms with van der Waals surface area (Å²) in [5.41, 5.74) is 0. The maximum atomic E-state index is 12.5. The van der Waals surface area contributed by atoms with Gasteiger partial charge >= 0.3 is 5.97 Å². The van der Waals surface area contributed by atoms with Gasteiger partial charge in [0.1, 0.15) is 0 Å². The number of aliphatic hydroxyl groups is 2. The summed E-state index contributed by atoms with van der Waals surface area (Å²) in [5.74, 6) is -0.0707. The number of carbonyl (C=O) groups excluding carboxylic acids is 2. The van der Waals surface area contributed by atoms with E-state index in [2.05, 4.69) is 55.6 Å². The zero-order chi connectivity index (χ0) is 57.1. The number of amides is 1. The molecule has 2 atom stereocenters. The van der Waals surface area contributed by atoms with E-state index in [-0.39, 0.29) is 18.5 Å².